The molecule has 2 N–H and O–H groups in total. The fraction of sp³-hybridized carbons (Fsp3) is 0.533. The summed E-state index contributed by atoms with van der Waals surface area (Å²) in [5.74, 6) is 0.0389. The lowest BCUT2D eigenvalue weighted by atomic mass is 9.88. The maximum absolute atomic E-state index is 12.7. The van der Waals surface area contributed by atoms with Gasteiger partial charge in [0, 0.05) is 12.1 Å². The van der Waals surface area contributed by atoms with Gasteiger partial charge in [0.1, 0.15) is 0 Å². The zero-order valence-electron chi connectivity index (χ0n) is 12.3. The number of hydrogen-bond acceptors (Lipinski definition) is 3. The quantitative estimate of drug-likeness (QED) is 0.854. The van der Waals surface area contributed by atoms with Crippen molar-refractivity contribution in [3.05, 3.63) is 23.2 Å². The van der Waals surface area contributed by atoms with Crippen molar-refractivity contribution in [2.75, 3.05) is 17.7 Å². The molecule has 1 saturated heterocycles. The molecule has 1 aliphatic heterocycles. The van der Waals surface area contributed by atoms with Gasteiger partial charge in [0.2, 0.25) is 5.91 Å². The second kappa shape index (κ2) is 5.62. The lowest BCUT2D eigenvalue weighted by Crippen LogP contribution is -2.39. The fourth-order valence-corrected chi connectivity index (χ4v) is 3.01. The van der Waals surface area contributed by atoms with Gasteiger partial charge in [0.05, 0.1) is 29.5 Å². The van der Waals surface area contributed by atoms with Gasteiger partial charge in [-0.15, -0.1) is 0 Å². The minimum atomic E-state index is -0.159. The second-order valence-corrected chi connectivity index (χ2v) is 5.97. The number of halogens is 1. The summed E-state index contributed by atoms with van der Waals surface area (Å²) in [6, 6.07) is 5.14. The number of anilines is 2. The van der Waals surface area contributed by atoms with Crippen molar-refractivity contribution < 1.29 is 9.53 Å². The van der Waals surface area contributed by atoms with Crippen LogP contribution in [0.5, 0.6) is 0 Å². The van der Waals surface area contributed by atoms with E-state index >= 15 is 0 Å². The third kappa shape index (κ3) is 2.63. The number of carbonyl (C=O) groups is 1. The molecule has 2 rings (SSSR count). The molecule has 1 amide bonds. The van der Waals surface area contributed by atoms with Crippen molar-refractivity contribution in [3.63, 3.8) is 0 Å². The highest BCUT2D eigenvalue weighted by Crippen LogP contribution is 2.35. The van der Waals surface area contributed by atoms with Gasteiger partial charge in [-0.1, -0.05) is 18.5 Å². The van der Waals surface area contributed by atoms with E-state index in [1.54, 1.807) is 30.1 Å². The van der Waals surface area contributed by atoms with Gasteiger partial charge < -0.3 is 15.4 Å². The Bertz CT molecular complexity index is 521. The number of benzene rings is 1. The fourth-order valence-electron chi connectivity index (χ4n) is 2.84. The van der Waals surface area contributed by atoms with Crippen molar-refractivity contribution >= 4 is 28.9 Å². The van der Waals surface area contributed by atoms with Crippen LogP contribution in [0.3, 0.4) is 0 Å². The predicted octanol–water partition coefficient (Wildman–Crippen LogP) is 2.94. The average Bonchev–Trinajstić information content (AvgIpc) is 2.64. The number of nitrogen functional groups attached to an aromatic ring is 1. The molecule has 5 heteroatoms. The molecule has 1 aromatic carbocycles. The Labute approximate surface area is 124 Å². The Hall–Kier alpha value is -1.26. The number of rotatable bonds is 2. The van der Waals surface area contributed by atoms with Crippen molar-refractivity contribution in [2.24, 2.45) is 11.8 Å². The SMILES string of the molecule is CC1OC(C)C(C(=O)N(C)c2cc(Cl)ccc2N)C1C. The van der Waals surface area contributed by atoms with Gasteiger partial charge in [0.25, 0.3) is 0 Å². The number of carbonyl (C=O) groups excluding carboxylic acids is 1. The monoisotopic (exact) mass is 296 g/mol. The van der Waals surface area contributed by atoms with E-state index < -0.39 is 0 Å². The van der Waals surface area contributed by atoms with E-state index in [4.69, 9.17) is 22.1 Å². The second-order valence-electron chi connectivity index (χ2n) is 5.53. The minimum Gasteiger partial charge on any atom is -0.397 e. The largest absolute Gasteiger partial charge is 0.397 e. The highest BCUT2D eigenvalue weighted by atomic mass is 35.5. The first kappa shape index (κ1) is 15.1. The van der Waals surface area contributed by atoms with E-state index in [2.05, 4.69) is 0 Å². The lowest BCUT2D eigenvalue weighted by Gasteiger charge is -2.26. The van der Waals surface area contributed by atoms with Gasteiger partial charge in [-0.3, -0.25) is 4.79 Å². The molecule has 1 heterocycles. The molecule has 1 aliphatic rings. The standard InChI is InChI=1S/C15H21ClN2O2/c1-8-9(2)20-10(3)14(8)15(19)18(4)13-7-11(16)5-6-12(13)17/h5-10,14H,17H2,1-4H3. The number of amides is 1. The molecule has 4 nitrogen and oxygen atoms in total. The first-order valence-electron chi connectivity index (χ1n) is 6.81. The topological polar surface area (TPSA) is 55.6 Å². The van der Waals surface area contributed by atoms with E-state index in [1.165, 1.54) is 0 Å². The minimum absolute atomic E-state index is 0.0170. The maximum Gasteiger partial charge on any atom is 0.232 e. The van der Waals surface area contributed by atoms with E-state index in [1.807, 2.05) is 20.8 Å². The Balaban J connectivity index is 2.27. The summed E-state index contributed by atoms with van der Waals surface area (Å²) in [7, 11) is 1.73. The lowest BCUT2D eigenvalue weighted by molar-refractivity contribution is -0.124. The number of nitrogens with zero attached hydrogens (tertiary/aromatic N) is 1. The molecule has 0 aliphatic carbocycles. The Morgan fingerprint density at radius 2 is 1.95 bits per heavy atom. The summed E-state index contributed by atoms with van der Waals surface area (Å²) in [6.45, 7) is 5.99. The Kier molecular flexibility index (Phi) is 4.25. The van der Waals surface area contributed by atoms with Crippen LogP contribution in [0.2, 0.25) is 5.02 Å². The van der Waals surface area contributed by atoms with Gasteiger partial charge in [0.15, 0.2) is 0 Å². The summed E-state index contributed by atoms with van der Waals surface area (Å²) >= 11 is 5.99. The summed E-state index contributed by atoms with van der Waals surface area (Å²) in [4.78, 5) is 14.3. The van der Waals surface area contributed by atoms with Crippen LogP contribution in [0.25, 0.3) is 0 Å². The van der Waals surface area contributed by atoms with Crippen molar-refractivity contribution in [3.8, 4) is 0 Å². The maximum atomic E-state index is 12.7. The number of hydrogen-bond donors (Lipinski definition) is 1. The normalized spacial score (nSPS) is 29.4. The van der Waals surface area contributed by atoms with Crippen LogP contribution in [0, 0.1) is 11.8 Å². The zero-order valence-corrected chi connectivity index (χ0v) is 13.0. The summed E-state index contributed by atoms with van der Waals surface area (Å²) < 4.78 is 5.74. The third-order valence-electron chi connectivity index (χ3n) is 4.21. The van der Waals surface area contributed by atoms with Crippen LogP contribution in [0.1, 0.15) is 20.8 Å². The van der Waals surface area contributed by atoms with Gasteiger partial charge in [-0.05, 0) is 38.0 Å². The first-order valence-corrected chi connectivity index (χ1v) is 7.18. The predicted molar refractivity (Wildman–Crippen MR) is 81.9 cm³/mol. The molecule has 0 saturated carbocycles. The highest BCUT2D eigenvalue weighted by Gasteiger charge is 2.43. The van der Waals surface area contributed by atoms with Crippen LogP contribution >= 0.6 is 11.6 Å². The van der Waals surface area contributed by atoms with Crippen molar-refractivity contribution in [2.45, 2.75) is 33.0 Å². The van der Waals surface area contributed by atoms with Gasteiger partial charge in [-0.25, -0.2) is 0 Å². The molecule has 20 heavy (non-hydrogen) atoms. The Morgan fingerprint density at radius 1 is 1.30 bits per heavy atom. The van der Waals surface area contributed by atoms with Gasteiger partial charge >= 0.3 is 0 Å². The van der Waals surface area contributed by atoms with E-state index in [-0.39, 0.29) is 30.0 Å². The van der Waals surface area contributed by atoms with E-state index in [0.29, 0.717) is 16.4 Å². The molecule has 0 bridgehead atoms. The van der Waals surface area contributed by atoms with E-state index in [0.717, 1.165) is 0 Å². The van der Waals surface area contributed by atoms with Crippen molar-refractivity contribution in [1.82, 2.24) is 0 Å². The highest BCUT2D eigenvalue weighted by molar-refractivity contribution is 6.31. The molecule has 1 fully saturated rings. The van der Waals surface area contributed by atoms with Crippen molar-refractivity contribution in [1.29, 1.82) is 0 Å². The molecule has 110 valence electrons. The molecule has 4 atom stereocenters. The summed E-state index contributed by atoms with van der Waals surface area (Å²) in [5.41, 5.74) is 7.12. The van der Waals surface area contributed by atoms with E-state index in [9.17, 15) is 4.79 Å². The molecular weight excluding hydrogens is 276 g/mol. The zero-order chi connectivity index (χ0) is 15.0. The summed E-state index contributed by atoms with van der Waals surface area (Å²) in [6.07, 6.45) is -0.000540. The number of nitrogens with two attached hydrogens (primary N) is 1. The Morgan fingerprint density at radius 3 is 2.50 bits per heavy atom. The first-order chi connectivity index (χ1) is 9.32. The molecule has 0 spiro atoms. The molecule has 0 aromatic heterocycles. The third-order valence-corrected chi connectivity index (χ3v) is 4.45. The van der Waals surface area contributed by atoms with Crippen LogP contribution in [0.15, 0.2) is 18.2 Å². The van der Waals surface area contributed by atoms with Crippen LogP contribution < -0.4 is 10.6 Å². The smallest absolute Gasteiger partial charge is 0.232 e. The number of ether oxygens (including phenoxy) is 1. The summed E-state index contributed by atoms with van der Waals surface area (Å²) in [5, 5.41) is 0.561. The average molecular weight is 297 g/mol. The van der Waals surface area contributed by atoms with Crippen LogP contribution in [-0.4, -0.2) is 25.2 Å². The molecular formula is C15H21ClN2O2. The van der Waals surface area contributed by atoms with Crippen LogP contribution in [-0.2, 0) is 9.53 Å². The van der Waals surface area contributed by atoms with Gasteiger partial charge in [-0.2, -0.15) is 0 Å². The molecule has 4 unspecified atom stereocenters. The molecule has 1 aromatic rings. The van der Waals surface area contributed by atoms with Crippen LogP contribution in [0.4, 0.5) is 11.4 Å². The molecule has 0 radical (unpaired) electrons.